The highest BCUT2D eigenvalue weighted by Gasteiger charge is 2.26. The van der Waals surface area contributed by atoms with Gasteiger partial charge in [0.25, 0.3) is 0 Å². The minimum atomic E-state index is -0.0293. The lowest BCUT2D eigenvalue weighted by molar-refractivity contribution is 0.193. The molecule has 0 bridgehead atoms. The maximum Gasteiger partial charge on any atom is 0.321 e. The van der Waals surface area contributed by atoms with Crippen molar-refractivity contribution in [3.63, 3.8) is 0 Å². The van der Waals surface area contributed by atoms with Gasteiger partial charge in [0.15, 0.2) is 0 Å². The Morgan fingerprint density at radius 3 is 2.63 bits per heavy atom. The summed E-state index contributed by atoms with van der Waals surface area (Å²) in [5, 5.41) is 2.96. The summed E-state index contributed by atoms with van der Waals surface area (Å²) in [6, 6.07) is 13.6. The Morgan fingerprint density at radius 1 is 1.07 bits per heavy atom. The molecular formula is C21H23N5O. The number of para-hydroxylation sites is 1. The number of piperidine rings is 1. The number of nitrogens with zero attached hydrogens (tertiary/aromatic N) is 4. The van der Waals surface area contributed by atoms with Gasteiger partial charge >= 0.3 is 6.03 Å². The van der Waals surface area contributed by atoms with E-state index in [1.165, 1.54) is 0 Å². The summed E-state index contributed by atoms with van der Waals surface area (Å²) < 4.78 is 2.20. The van der Waals surface area contributed by atoms with E-state index in [1.54, 1.807) is 6.20 Å². The fourth-order valence-corrected chi connectivity index (χ4v) is 3.57. The molecule has 3 aromatic rings. The van der Waals surface area contributed by atoms with Crippen molar-refractivity contribution in [2.24, 2.45) is 0 Å². The maximum absolute atomic E-state index is 12.5. The van der Waals surface area contributed by atoms with E-state index in [-0.39, 0.29) is 6.03 Å². The van der Waals surface area contributed by atoms with E-state index in [2.05, 4.69) is 25.9 Å². The number of aromatic nitrogens is 3. The van der Waals surface area contributed by atoms with Crippen LogP contribution in [0.3, 0.4) is 0 Å². The summed E-state index contributed by atoms with van der Waals surface area (Å²) in [4.78, 5) is 23.1. The number of rotatable bonds is 4. The highest BCUT2D eigenvalue weighted by molar-refractivity contribution is 5.89. The SMILES string of the molecule is O=C(Nc1ccccc1)N1CCC(c2nccn2Cc2cccnc2)CC1. The number of anilines is 1. The van der Waals surface area contributed by atoms with Crippen LogP contribution in [-0.2, 0) is 6.54 Å². The average molecular weight is 361 g/mol. The van der Waals surface area contributed by atoms with Crippen LogP contribution in [0, 0.1) is 0 Å². The second kappa shape index (κ2) is 8.03. The zero-order chi connectivity index (χ0) is 18.5. The first-order valence-electron chi connectivity index (χ1n) is 9.30. The summed E-state index contributed by atoms with van der Waals surface area (Å²) in [6.45, 7) is 2.25. The maximum atomic E-state index is 12.5. The molecule has 0 aliphatic carbocycles. The van der Waals surface area contributed by atoms with Crippen molar-refractivity contribution in [3.8, 4) is 0 Å². The zero-order valence-electron chi connectivity index (χ0n) is 15.2. The Morgan fingerprint density at radius 2 is 1.89 bits per heavy atom. The van der Waals surface area contributed by atoms with Crippen LogP contribution in [0.4, 0.5) is 10.5 Å². The van der Waals surface area contributed by atoms with Crippen molar-refractivity contribution in [2.75, 3.05) is 18.4 Å². The van der Waals surface area contributed by atoms with E-state index in [0.29, 0.717) is 5.92 Å². The molecule has 0 radical (unpaired) electrons. The topological polar surface area (TPSA) is 63.1 Å². The Hall–Kier alpha value is -3.15. The number of likely N-dealkylation sites (tertiary alicyclic amines) is 1. The number of nitrogens with one attached hydrogen (secondary N) is 1. The third-order valence-electron chi connectivity index (χ3n) is 5.00. The Balaban J connectivity index is 1.36. The van der Waals surface area contributed by atoms with Crippen LogP contribution >= 0.6 is 0 Å². The molecule has 27 heavy (non-hydrogen) atoms. The van der Waals surface area contributed by atoms with Crippen LogP contribution < -0.4 is 5.32 Å². The number of hydrogen-bond acceptors (Lipinski definition) is 3. The van der Waals surface area contributed by atoms with Crippen molar-refractivity contribution in [1.82, 2.24) is 19.4 Å². The lowest BCUT2D eigenvalue weighted by Crippen LogP contribution is -2.40. The fraction of sp³-hybridized carbons (Fsp3) is 0.286. The van der Waals surface area contributed by atoms with Crippen LogP contribution in [0.25, 0.3) is 0 Å². The first-order chi connectivity index (χ1) is 13.3. The minimum absolute atomic E-state index is 0.0293. The number of benzene rings is 1. The number of amides is 2. The largest absolute Gasteiger partial charge is 0.330 e. The fourth-order valence-electron chi connectivity index (χ4n) is 3.57. The van der Waals surface area contributed by atoms with Gasteiger partial charge in [0, 0.05) is 49.5 Å². The predicted octanol–water partition coefficient (Wildman–Crippen LogP) is 3.74. The molecule has 1 saturated heterocycles. The standard InChI is InChI=1S/C21H23N5O/c27-21(24-19-6-2-1-3-7-19)25-12-8-18(9-13-25)20-23-11-14-26(20)16-17-5-4-10-22-15-17/h1-7,10-11,14-15,18H,8-9,12-13,16H2,(H,24,27). The van der Waals surface area contributed by atoms with Crippen LogP contribution in [-0.4, -0.2) is 38.6 Å². The van der Waals surface area contributed by atoms with E-state index in [0.717, 1.165) is 49.6 Å². The summed E-state index contributed by atoms with van der Waals surface area (Å²) in [5.41, 5.74) is 1.99. The quantitative estimate of drug-likeness (QED) is 0.770. The van der Waals surface area contributed by atoms with Crippen LogP contribution in [0.5, 0.6) is 0 Å². The first-order valence-corrected chi connectivity index (χ1v) is 9.30. The minimum Gasteiger partial charge on any atom is -0.330 e. The predicted molar refractivity (Wildman–Crippen MR) is 105 cm³/mol. The van der Waals surface area contributed by atoms with Gasteiger partial charge in [0.2, 0.25) is 0 Å². The Kier molecular flexibility index (Phi) is 5.14. The molecule has 1 N–H and O–H groups in total. The second-order valence-corrected chi connectivity index (χ2v) is 6.83. The molecule has 6 nitrogen and oxygen atoms in total. The molecular weight excluding hydrogens is 338 g/mol. The van der Waals surface area contributed by atoms with Gasteiger partial charge in [-0.1, -0.05) is 24.3 Å². The van der Waals surface area contributed by atoms with Crippen LogP contribution in [0.1, 0.15) is 30.1 Å². The lowest BCUT2D eigenvalue weighted by atomic mass is 9.96. The van der Waals surface area contributed by atoms with E-state index >= 15 is 0 Å². The third-order valence-corrected chi connectivity index (χ3v) is 5.00. The summed E-state index contributed by atoms with van der Waals surface area (Å²) in [5.74, 6) is 1.47. The van der Waals surface area contributed by atoms with Crippen molar-refractivity contribution in [3.05, 3.63) is 78.6 Å². The molecule has 1 aliphatic rings. The number of carbonyl (C=O) groups is 1. The summed E-state index contributed by atoms with van der Waals surface area (Å²) >= 11 is 0. The molecule has 2 aromatic heterocycles. The van der Waals surface area contributed by atoms with E-state index in [1.807, 2.05) is 59.9 Å². The van der Waals surface area contributed by atoms with Crippen LogP contribution in [0.2, 0.25) is 0 Å². The Bertz CT molecular complexity index is 870. The molecule has 4 rings (SSSR count). The number of hydrogen-bond donors (Lipinski definition) is 1. The van der Waals surface area contributed by atoms with E-state index in [9.17, 15) is 4.79 Å². The molecule has 138 valence electrons. The van der Waals surface area contributed by atoms with Crippen molar-refractivity contribution >= 4 is 11.7 Å². The molecule has 1 aliphatic heterocycles. The lowest BCUT2D eigenvalue weighted by Gasteiger charge is -2.32. The van der Waals surface area contributed by atoms with Crippen LogP contribution in [0.15, 0.2) is 67.3 Å². The van der Waals surface area contributed by atoms with Gasteiger partial charge in [-0.25, -0.2) is 9.78 Å². The average Bonchev–Trinajstić information content (AvgIpc) is 3.18. The molecule has 0 atom stereocenters. The van der Waals surface area contributed by atoms with Gasteiger partial charge < -0.3 is 14.8 Å². The molecule has 3 heterocycles. The zero-order valence-corrected chi connectivity index (χ0v) is 15.2. The van der Waals surface area contributed by atoms with Gasteiger partial charge in [0.1, 0.15) is 5.82 Å². The van der Waals surface area contributed by atoms with Gasteiger partial charge in [0.05, 0.1) is 6.54 Å². The first kappa shape index (κ1) is 17.3. The monoisotopic (exact) mass is 361 g/mol. The number of carbonyl (C=O) groups excluding carboxylic acids is 1. The van der Waals surface area contributed by atoms with Gasteiger partial charge in [-0.3, -0.25) is 4.98 Å². The van der Waals surface area contributed by atoms with E-state index in [4.69, 9.17) is 0 Å². The summed E-state index contributed by atoms with van der Waals surface area (Å²) in [7, 11) is 0. The molecule has 0 saturated carbocycles. The third kappa shape index (κ3) is 4.16. The van der Waals surface area contributed by atoms with Crippen molar-refractivity contribution in [2.45, 2.75) is 25.3 Å². The summed E-state index contributed by atoms with van der Waals surface area (Å²) in [6.07, 6.45) is 9.41. The molecule has 2 amide bonds. The van der Waals surface area contributed by atoms with Gasteiger partial charge in [-0.15, -0.1) is 0 Å². The van der Waals surface area contributed by atoms with E-state index < -0.39 is 0 Å². The molecule has 0 spiro atoms. The van der Waals surface area contributed by atoms with Crippen molar-refractivity contribution in [1.29, 1.82) is 0 Å². The second-order valence-electron chi connectivity index (χ2n) is 6.83. The Labute approximate surface area is 158 Å². The number of urea groups is 1. The van der Waals surface area contributed by atoms with Gasteiger partial charge in [-0.2, -0.15) is 0 Å². The number of pyridine rings is 1. The highest BCUT2D eigenvalue weighted by atomic mass is 16.2. The highest BCUT2D eigenvalue weighted by Crippen LogP contribution is 2.27. The van der Waals surface area contributed by atoms with Crippen molar-refractivity contribution < 1.29 is 4.79 Å². The molecule has 6 heteroatoms. The smallest absolute Gasteiger partial charge is 0.321 e. The number of imidazole rings is 1. The van der Waals surface area contributed by atoms with Gasteiger partial charge in [-0.05, 0) is 36.6 Å². The normalized spacial score (nSPS) is 14.9. The molecule has 1 fully saturated rings. The molecule has 1 aromatic carbocycles. The molecule has 0 unspecified atom stereocenters.